The number of hydrogen-bond donors (Lipinski definition) is 1. The van der Waals surface area contributed by atoms with Gasteiger partial charge in [-0.15, -0.1) is 10.2 Å². The number of nitrogens with one attached hydrogen (secondary N) is 1. The molecule has 2 heterocycles. The predicted octanol–water partition coefficient (Wildman–Crippen LogP) is 2.48. The van der Waals surface area contributed by atoms with Crippen molar-refractivity contribution in [3.8, 4) is 0 Å². The predicted molar refractivity (Wildman–Crippen MR) is 104 cm³/mol. The molecule has 0 unspecified atom stereocenters. The molecule has 7 nitrogen and oxygen atoms in total. The second kappa shape index (κ2) is 8.55. The lowest BCUT2D eigenvalue weighted by molar-refractivity contribution is -0.113. The number of anilines is 2. The lowest BCUT2D eigenvalue weighted by Crippen LogP contribution is -2.38. The Labute approximate surface area is 158 Å². The third kappa shape index (κ3) is 4.37. The molecule has 0 saturated carbocycles. The maximum atomic E-state index is 12.3. The SMILES string of the molecule is CCn1c(SCC(=O)Nc2ccc(C)c(C)c2)nnc1N1CCOCC1. The Bertz CT molecular complexity index is 771. The van der Waals surface area contributed by atoms with E-state index in [0.717, 1.165) is 42.0 Å². The van der Waals surface area contributed by atoms with Crippen LogP contribution in [0.3, 0.4) is 0 Å². The molecule has 1 fully saturated rings. The van der Waals surface area contributed by atoms with Gasteiger partial charge < -0.3 is 15.0 Å². The Balaban J connectivity index is 1.61. The van der Waals surface area contributed by atoms with Crippen molar-refractivity contribution in [2.24, 2.45) is 0 Å². The summed E-state index contributed by atoms with van der Waals surface area (Å²) in [5.74, 6) is 1.11. The van der Waals surface area contributed by atoms with E-state index in [-0.39, 0.29) is 5.91 Å². The molecule has 3 rings (SSSR count). The van der Waals surface area contributed by atoms with Gasteiger partial charge in [0.1, 0.15) is 0 Å². The van der Waals surface area contributed by atoms with Gasteiger partial charge in [-0.3, -0.25) is 9.36 Å². The molecule has 0 spiro atoms. The van der Waals surface area contributed by atoms with E-state index in [4.69, 9.17) is 4.74 Å². The molecule has 1 amide bonds. The van der Waals surface area contributed by atoms with Crippen molar-refractivity contribution in [2.45, 2.75) is 32.5 Å². The van der Waals surface area contributed by atoms with Crippen molar-refractivity contribution in [2.75, 3.05) is 42.3 Å². The number of aryl methyl sites for hydroxylation is 2. The first-order valence-electron chi connectivity index (χ1n) is 8.84. The Kier molecular flexibility index (Phi) is 6.16. The van der Waals surface area contributed by atoms with E-state index in [2.05, 4.69) is 38.8 Å². The average molecular weight is 375 g/mol. The third-order valence-corrected chi connectivity index (χ3v) is 5.40. The van der Waals surface area contributed by atoms with Crippen molar-refractivity contribution in [1.82, 2.24) is 14.8 Å². The molecule has 1 aromatic heterocycles. The van der Waals surface area contributed by atoms with Gasteiger partial charge in [-0.2, -0.15) is 0 Å². The van der Waals surface area contributed by atoms with Crippen LogP contribution in [-0.4, -0.2) is 52.7 Å². The van der Waals surface area contributed by atoms with E-state index in [1.165, 1.54) is 17.3 Å². The van der Waals surface area contributed by atoms with Crippen molar-refractivity contribution in [3.05, 3.63) is 29.3 Å². The topological polar surface area (TPSA) is 72.3 Å². The molecule has 1 saturated heterocycles. The van der Waals surface area contributed by atoms with Crippen molar-refractivity contribution in [3.63, 3.8) is 0 Å². The Morgan fingerprint density at radius 2 is 2.00 bits per heavy atom. The summed E-state index contributed by atoms with van der Waals surface area (Å²) in [5.41, 5.74) is 3.20. The summed E-state index contributed by atoms with van der Waals surface area (Å²) in [6.07, 6.45) is 0. The fourth-order valence-electron chi connectivity index (χ4n) is 2.81. The van der Waals surface area contributed by atoms with Gasteiger partial charge in [0.05, 0.1) is 19.0 Å². The molecule has 140 valence electrons. The summed E-state index contributed by atoms with van der Waals surface area (Å²) in [5, 5.41) is 12.3. The lowest BCUT2D eigenvalue weighted by Gasteiger charge is -2.27. The standard InChI is InChI=1S/C18H25N5O2S/c1-4-23-17(22-7-9-25-10-8-22)20-21-18(23)26-12-16(24)19-15-6-5-13(2)14(3)11-15/h5-6,11H,4,7-10,12H2,1-3H3,(H,19,24). The minimum Gasteiger partial charge on any atom is -0.378 e. The number of morpholine rings is 1. The second-order valence-corrected chi connectivity index (χ2v) is 7.20. The largest absolute Gasteiger partial charge is 0.378 e. The van der Waals surface area contributed by atoms with Crippen LogP contribution in [0.4, 0.5) is 11.6 Å². The molecule has 1 aliphatic rings. The van der Waals surface area contributed by atoms with E-state index in [0.29, 0.717) is 19.0 Å². The highest BCUT2D eigenvalue weighted by Gasteiger charge is 2.20. The van der Waals surface area contributed by atoms with Gasteiger partial charge in [-0.1, -0.05) is 17.8 Å². The number of thioether (sulfide) groups is 1. The molecule has 26 heavy (non-hydrogen) atoms. The van der Waals surface area contributed by atoms with Gasteiger partial charge >= 0.3 is 0 Å². The number of ether oxygens (including phenoxy) is 1. The molecule has 1 aliphatic heterocycles. The Morgan fingerprint density at radius 3 is 2.69 bits per heavy atom. The van der Waals surface area contributed by atoms with Crippen LogP contribution in [0, 0.1) is 13.8 Å². The van der Waals surface area contributed by atoms with Crippen LogP contribution in [0.1, 0.15) is 18.1 Å². The number of rotatable bonds is 6. The maximum Gasteiger partial charge on any atom is 0.234 e. The van der Waals surface area contributed by atoms with Gasteiger partial charge in [0, 0.05) is 25.3 Å². The minimum absolute atomic E-state index is 0.0446. The first-order chi connectivity index (χ1) is 12.6. The summed E-state index contributed by atoms with van der Waals surface area (Å²) in [6.45, 7) is 9.96. The number of nitrogens with zero attached hydrogens (tertiary/aromatic N) is 4. The highest BCUT2D eigenvalue weighted by atomic mass is 32.2. The van der Waals surface area contributed by atoms with Crippen molar-refractivity contribution >= 4 is 29.3 Å². The summed E-state index contributed by atoms with van der Waals surface area (Å²) in [6, 6.07) is 5.93. The summed E-state index contributed by atoms with van der Waals surface area (Å²) in [4.78, 5) is 14.5. The molecule has 1 N–H and O–H groups in total. The molecule has 0 atom stereocenters. The molecule has 2 aromatic rings. The summed E-state index contributed by atoms with van der Waals surface area (Å²) in [7, 11) is 0. The van der Waals surface area contributed by atoms with E-state index in [1.807, 2.05) is 25.1 Å². The van der Waals surface area contributed by atoms with E-state index in [9.17, 15) is 4.79 Å². The molecule has 0 bridgehead atoms. The Morgan fingerprint density at radius 1 is 1.23 bits per heavy atom. The molecular formula is C18H25N5O2S. The van der Waals surface area contributed by atoms with Crippen LogP contribution in [0.25, 0.3) is 0 Å². The number of benzene rings is 1. The highest BCUT2D eigenvalue weighted by molar-refractivity contribution is 7.99. The van der Waals surface area contributed by atoms with Crippen molar-refractivity contribution < 1.29 is 9.53 Å². The Hall–Kier alpha value is -2.06. The molecule has 0 aliphatic carbocycles. The molecular weight excluding hydrogens is 350 g/mol. The number of carbonyl (C=O) groups excluding carboxylic acids is 1. The maximum absolute atomic E-state index is 12.3. The average Bonchev–Trinajstić information content (AvgIpc) is 3.07. The first kappa shape index (κ1) is 18.7. The quantitative estimate of drug-likeness (QED) is 0.782. The number of carbonyl (C=O) groups is 1. The monoisotopic (exact) mass is 375 g/mol. The van der Waals surface area contributed by atoms with E-state index >= 15 is 0 Å². The van der Waals surface area contributed by atoms with Gasteiger partial charge in [-0.05, 0) is 44.0 Å². The van der Waals surface area contributed by atoms with Gasteiger partial charge in [0.2, 0.25) is 11.9 Å². The fraction of sp³-hybridized carbons (Fsp3) is 0.500. The second-order valence-electron chi connectivity index (χ2n) is 6.26. The normalized spacial score (nSPS) is 14.5. The number of hydrogen-bond acceptors (Lipinski definition) is 6. The summed E-state index contributed by atoms with van der Waals surface area (Å²) < 4.78 is 7.45. The van der Waals surface area contributed by atoms with Crippen LogP contribution in [0.5, 0.6) is 0 Å². The van der Waals surface area contributed by atoms with Crippen LogP contribution in [-0.2, 0) is 16.1 Å². The zero-order valence-electron chi connectivity index (χ0n) is 15.5. The molecule has 0 radical (unpaired) electrons. The molecule has 8 heteroatoms. The van der Waals surface area contributed by atoms with E-state index < -0.39 is 0 Å². The third-order valence-electron chi connectivity index (χ3n) is 4.43. The number of amides is 1. The first-order valence-corrected chi connectivity index (χ1v) is 9.83. The van der Waals surface area contributed by atoms with Crippen LogP contribution in [0.15, 0.2) is 23.4 Å². The van der Waals surface area contributed by atoms with E-state index in [1.54, 1.807) is 0 Å². The van der Waals surface area contributed by atoms with Crippen molar-refractivity contribution in [1.29, 1.82) is 0 Å². The smallest absolute Gasteiger partial charge is 0.234 e. The molecule has 1 aromatic carbocycles. The van der Waals surface area contributed by atoms with Gasteiger partial charge in [-0.25, -0.2) is 0 Å². The summed E-state index contributed by atoms with van der Waals surface area (Å²) >= 11 is 1.41. The van der Waals surface area contributed by atoms with Gasteiger partial charge in [0.25, 0.3) is 0 Å². The zero-order valence-corrected chi connectivity index (χ0v) is 16.3. The van der Waals surface area contributed by atoms with Gasteiger partial charge in [0.15, 0.2) is 5.16 Å². The lowest BCUT2D eigenvalue weighted by atomic mass is 10.1. The number of aromatic nitrogens is 3. The minimum atomic E-state index is -0.0446. The van der Waals surface area contributed by atoms with Crippen LogP contribution in [0.2, 0.25) is 0 Å². The zero-order chi connectivity index (χ0) is 18.5. The fourth-order valence-corrected chi connectivity index (χ4v) is 3.61. The van der Waals surface area contributed by atoms with Crippen LogP contribution >= 0.6 is 11.8 Å². The van der Waals surface area contributed by atoms with Crippen LogP contribution < -0.4 is 10.2 Å². The highest BCUT2D eigenvalue weighted by Crippen LogP contribution is 2.23.